The fourth-order valence-corrected chi connectivity index (χ4v) is 3.97. The van der Waals surface area contributed by atoms with Crippen molar-refractivity contribution < 1.29 is 38.1 Å². The summed E-state index contributed by atoms with van der Waals surface area (Å²) in [4.78, 5) is 49.9. The zero-order chi connectivity index (χ0) is 29.6. The normalized spacial score (nSPS) is 14.9. The van der Waals surface area contributed by atoms with E-state index in [0.717, 1.165) is 19.3 Å². The molecule has 1 aromatic carbocycles. The van der Waals surface area contributed by atoms with Gasteiger partial charge in [-0.05, 0) is 42.9 Å². The topological polar surface area (TPSA) is 131 Å². The maximum absolute atomic E-state index is 12.7. The maximum Gasteiger partial charge on any atom is 0.326 e. The predicted molar refractivity (Wildman–Crippen MR) is 148 cm³/mol. The second-order valence-electron chi connectivity index (χ2n) is 10.6. The maximum atomic E-state index is 12.7. The highest BCUT2D eigenvalue weighted by molar-refractivity contribution is 5.81. The lowest BCUT2D eigenvalue weighted by Gasteiger charge is -2.29. The van der Waals surface area contributed by atoms with Crippen molar-refractivity contribution in [3.8, 4) is 11.5 Å². The summed E-state index contributed by atoms with van der Waals surface area (Å²) in [5.74, 6) is -1.46. The largest absolute Gasteiger partial charge is 0.468 e. The fraction of sp³-hybridized carbons (Fsp3) is 0.667. The van der Waals surface area contributed by atoms with Gasteiger partial charge in [-0.25, -0.2) is 0 Å². The fourth-order valence-electron chi connectivity index (χ4n) is 3.97. The third kappa shape index (κ3) is 12.2. The molecule has 0 aliphatic heterocycles. The first-order chi connectivity index (χ1) is 18.4. The Morgan fingerprint density at radius 2 is 1.44 bits per heavy atom. The lowest BCUT2D eigenvalue weighted by molar-refractivity contribution is -0.155. The molecule has 0 amide bonds. The number of rotatable bonds is 17. The Hall–Kier alpha value is -2.94. The van der Waals surface area contributed by atoms with E-state index in [1.807, 2.05) is 34.6 Å². The Morgan fingerprint density at radius 1 is 0.872 bits per heavy atom. The van der Waals surface area contributed by atoms with Crippen LogP contribution in [-0.4, -0.2) is 42.6 Å². The quantitative estimate of drug-likeness (QED) is 0.203. The van der Waals surface area contributed by atoms with E-state index in [0.29, 0.717) is 18.4 Å². The molecule has 3 unspecified atom stereocenters. The number of ether oxygens (including phenoxy) is 4. The second-order valence-corrected chi connectivity index (χ2v) is 10.6. The molecule has 2 N–H and O–H groups in total. The standard InChI is InChI=1S/C30H47NO8/c1-8-11-12-26(32)37-22(6)18-30(31,29(35)36-7)19-23-13-14-24(38-27(33)15-20(4)9-2)25(17-23)39-28(34)16-21(5)10-3/h13-14,17,20-22H,8-12,15-16,18-19,31H2,1-7H3/t20?,21?,22-,30?/m0/s1. The van der Waals surface area contributed by atoms with E-state index in [1.165, 1.54) is 13.2 Å². The lowest BCUT2D eigenvalue weighted by Crippen LogP contribution is -2.53. The number of carbonyl (C=O) groups excluding carboxylic acids is 4. The van der Waals surface area contributed by atoms with Crippen molar-refractivity contribution >= 4 is 23.9 Å². The van der Waals surface area contributed by atoms with E-state index in [2.05, 4.69) is 0 Å². The summed E-state index contributed by atoms with van der Waals surface area (Å²) < 4.78 is 21.6. The number of benzene rings is 1. The van der Waals surface area contributed by atoms with Gasteiger partial charge < -0.3 is 24.7 Å². The number of hydrogen-bond donors (Lipinski definition) is 1. The Bertz CT molecular complexity index is 962. The average molecular weight is 550 g/mol. The summed E-state index contributed by atoms with van der Waals surface area (Å²) in [5, 5.41) is 0. The van der Waals surface area contributed by atoms with Crippen LogP contribution < -0.4 is 15.2 Å². The minimum absolute atomic E-state index is 0.00747. The van der Waals surface area contributed by atoms with E-state index < -0.39 is 29.6 Å². The van der Waals surface area contributed by atoms with Gasteiger partial charge in [-0.15, -0.1) is 0 Å². The summed E-state index contributed by atoms with van der Waals surface area (Å²) in [6.07, 6.45) is 3.31. The van der Waals surface area contributed by atoms with E-state index in [4.69, 9.17) is 24.7 Å². The van der Waals surface area contributed by atoms with Gasteiger partial charge in [-0.3, -0.25) is 19.2 Å². The lowest BCUT2D eigenvalue weighted by atomic mass is 9.86. The first kappa shape index (κ1) is 34.1. The summed E-state index contributed by atoms with van der Waals surface area (Å²) in [6, 6.07) is 4.73. The second kappa shape index (κ2) is 16.9. The summed E-state index contributed by atoms with van der Waals surface area (Å²) in [5.41, 5.74) is 5.56. The van der Waals surface area contributed by atoms with Gasteiger partial charge in [-0.1, -0.05) is 59.9 Å². The molecule has 0 radical (unpaired) electrons. The van der Waals surface area contributed by atoms with Crippen LogP contribution in [0, 0.1) is 11.8 Å². The molecule has 0 saturated carbocycles. The van der Waals surface area contributed by atoms with Crippen LogP contribution in [0.4, 0.5) is 0 Å². The molecule has 0 fully saturated rings. The number of methoxy groups -OCH3 is 1. The molecule has 9 heteroatoms. The molecule has 9 nitrogen and oxygen atoms in total. The van der Waals surface area contributed by atoms with Crippen molar-refractivity contribution in [2.24, 2.45) is 17.6 Å². The van der Waals surface area contributed by atoms with Crippen molar-refractivity contribution in [2.45, 2.75) is 111 Å². The zero-order valence-electron chi connectivity index (χ0n) is 24.7. The summed E-state index contributed by atoms with van der Waals surface area (Å²) in [7, 11) is 1.24. The minimum Gasteiger partial charge on any atom is -0.468 e. The number of unbranched alkanes of at least 4 members (excludes halogenated alkanes) is 1. The van der Waals surface area contributed by atoms with Crippen molar-refractivity contribution in [3.63, 3.8) is 0 Å². The van der Waals surface area contributed by atoms with Crippen LogP contribution in [0.15, 0.2) is 18.2 Å². The van der Waals surface area contributed by atoms with Crippen LogP contribution >= 0.6 is 0 Å². The number of esters is 4. The smallest absolute Gasteiger partial charge is 0.326 e. The Balaban J connectivity index is 3.24. The summed E-state index contributed by atoms with van der Waals surface area (Å²) in [6.45, 7) is 11.5. The molecule has 0 aromatic heterocycles. The number of carbonyl (C=O) groups is 4. The van der Waals surface area contributed by atoms with Crippen LogP contribution in [0.3, 0.4) is 0 Å². The highest BCUT2D eigenvalue weighted by Gasteiger charge is 2.38. The monoisotopic (exact) mass is 549 g/mol. The summed E-state index contributed by atoms with van der Waals surface area (Å²) >= 11 is 0. The third-order valence-electron chi connectivity index (χ3n) is 6.71. The molecule has 0 bridgehead atoms. The Morgan fingerprint density at radius 3 is 1.95 bits per heavy atom. The van der Waals surface area contributed by atoms with Gasteiger partial charge in [0.05, 0.1) is 7.11 Å². The molecular weight excluding hydrogens is 502 g/mol. The van der Waals surface area contributed by atoms with Gasteiger partial charge in [0, 0.05) is 32.1 Å². The van der Waals surface area contributed by atoms with E-state index in [-0.39, 0.29) is 55.0 Å². The van der Waals surface area contributed by atoms with Crippen LogP contribution in [-0.2, 0) is 35.1 Å². The van der Waals surface area contributed by atoms with Gasteiger partial charge in [0.2, 0.25) is 0 Å². The van der Waals surface area contributed by atoms with Crippen molar-refractivity contribution in [2.75, 3.05) is 7.11 Å². The molecule has 0 spiro atoms. The Kier molecular flexibility index (Phi) is 14.8. The average Bonchev–Trinajstić information content (AvgIpc) is 2.87. The van der Waals surface area contributed by atoms with Gasteiger partial charge in [0.15, 0.2) is 11.5 Å². The zero-order valence-corrected chi connectivity index (χ0v) is 24.7. The number of nitrogens with two attached hydrogens (primary N) is 1. The highest BCUT2D eigenvalue weighted by atomic mass is 16.6. The SMILES string of the molecule is CCCCC(=O)O[C@@H](C)CC(N)(Cc1ccc(OC(=O)CC(C)CC)c(OC(=O)CC(C)CC)c1)C(=O)OC. The van der Waals surface area contributed by atoms with Crippen LogP contribution in [0.25, 0.3) is 0 Å². The van der Waals surface area contributed by atoms with Crippen LogP contribution in [0.2, 0.25) is 0 Å². The first-order valence-corrected chi connectivity index (χ1v) is 14.0. The molecule has 1 rings (SSSR count). The van der Waals surface area contributed by atoms with Crippen LogP contribution in [0.5, 0.6) is 11.5 Å². The molecule has 0 saturated heterocycles. The molecule has 1 aromatic rings. The first-order valence-electron chi connectivity index (χ1n) is 14.0. The molecule has 39 heavy (non-hydrogen) atoms. The van der Waals surface area contributed by atoms with Crippen molar-refractivity contribution in [3.05, 3.63) is 23.8 Å². The van der Waals surface area contributed by atoms with Gasteiger partial charge >= 0.3 is 23.9 Å². The van der Waals surface area contributed by atoms with Crippen LogP contribution in [0.1, 0.15) is 98.5 Å². The highest BCUT2D eigenvalue weighted by Crippen LogP contribution is 2.32. The molecule has 0 aliphatic carbocycles. The van der Waals surface area contributed by atoms with E-state index in [1.54, 1.807) is 19.1 Å². The molecule has 4 atom stereocenters. The third-order valence-corrected chi connectivity index (χ3v) is 6.71. The minimum atomic E-state index is -1.52. The molecule has 220 valence electrons. The Labute approximate surface area is 233 Å². The van der Waals surface area contributed by atoms with Crippen molar-refractivity contribution in [1.82, 2.24) is 0 Å². The van der Waals surface area contributed by atoms with E-state index >= 15 is 0 Å². The van der Waals surface area contributed by atoms with Gasteiger partial charge in [0.1, 0.15) is 11.6 Å². The van der Waals surface area contributed by atoms with Gasteiger partial charge in [0.25, 0.3) is 0 Å². The molecule has 0 aliphatic rings. The predicted octanol–water partition coefficient (Wildman–Crippen LogP) is 5.29. The molecular formula is C30H47NO8. The molecule has 0 heterocycles. The van der Waals surface area contributed by atoms with Gasteiger partial charge in [-0.2, -0.15) is 0 Å². The van der Waals surface area contributed by atoms with Crippen molar-refractivity contribution in [1.29, 1.82) is 0 Å². The number of hydrogen-bond acceptors (Lipinski definition) is 9. The van der Waals surface area contributed by atoms with E-state index in [9.17, 15) is 19.2 Å².